The number of anilines is 1. The maximum Gasteiger partial charge on any atom is 0.253 e. The molecule has 26 heavy (non-hydrogen) atoms. The van der Waals surface area contributed by atoms with Gasteiger partial charge in [-0.25, -0.2) is 4.68 Å². The Labute approximate surface area is 155 Å². The third kappa shape index (κ3) is 3.39. The largest absolute Gasteiger partial charge is 0.352 e. The van der Waals surface area contributed by atoms with Crippen molar-refractivity contribution in [1.29, 1.82) is 0 Å². The second kappa shape index (κ2) is 7.13. The van der Waals surface area contributed by atoms with E-state index in [2.05, 4.69) is 20.2 Å². The summed E-state index contributed by atoms with van der Waals surface area (Å²) in [5, 5.41) is 13.3. The highest BCUT2D eigenvalue weighted by molar-refractivity contribution is 6.30. The second-order valence-electron chi connectivity index (χ2n) is 5.99. The predicted molar refractivity (Wildman–Crippen MR) is 98.7 cm³/mol. The molecule has 132 valence electrons. The topological polar surface area (TPSA) is 67.2 Å². The SMILES string of the molecule is O=C(c1ccc(Cl)cc1)N1CCN(c2ccc(-n3cccn3)nn2)CC1. The van der Waals surface area contributed by atoms with Crippen LogP contribution in [-0.4, -0.2) is 57.0 Å². The van der Waals surface area contributed by atoms with Crippen LogP contribution in [0.4, 0.5) is 5.82 Å². The number of halogens is 1. The van der Waals surface area contributed by atoms with Gasteiger partial charge in [-0.2, -0.15) is 5.10 Å². The number of benzene rings is 1. The first-order chi connectivity index (χ1) is 12.7. The molecule has 2 aromatic heterocycles. The lowest BCUT2D eigenvalue weighted by atomic mass is 10.2. The van der Waals surface area contributed by atoms with Gasteiger partial charge in [-0.3, -0.25) is 4.79 Å². The van der Waals surface area contributed by atoms with Crippen molar-refractivity contribution in [1.82, 2.24) is 24.9 Å². The summed E-state index contributed by atoms with van der Waals surface area (Å²) in [7, 11) is 0. The standard InChI is InChI=1S/C18H17ClN6O/c19-15-4-2-14(3-5-15)18(26)24-12-10-23(11-13-24)16-6-7-17(22-21-16)25-9-1-8-20-25/h1-9H,10-13H2. The fourth-order valence-electron chi connectivity index (χ4n) is 2.93. The molecule has 0 atom stereocenters. The zero-order chi connectivity index (χ0) is 17.9. The predicted octanol–water partition coefficient (Wildman–Crippen LogP) is 2.28. The number of carbonyl (C=O) groups is 1. The second-order valence-corrected chi connectivity index (χ2v) is 6.42. The quantitative estimate of drug-likeness (QED) is 0.709. The van der Waals surface area contributed by atoms with Crippen LogP contribution in [0.1, 0.15) is 10.4 Å². The van der Waals surface area contributed by atoms with E-state index < -0.39 is 0 Å². The number of hydrogen-bond acceptors (Lipinski definition) is 5. The van der Waals surface area contributed by atoms with Crippen LogP contribution < -0.4 is 4.90 Å². The van der Waals surface area contributed by atoms with E-state index in [1.54, 1.807) is 35.1 Å². The summed E-state index contributed by atoms with van der Waals surface area (Å²) in [4.78, 5) is 16.5. The van der Waals surface area contributed by atoms with Crippen molar-refractivity contribution in [3.05, 3.63) is 65.4 Å². The molecule has 1 saturated heterocycles. The molecule has 1 aliphatic rings. The zero-order valence-electron chi connectivity index (χ0n) is 14.0. The number of aromatic nitrogens is 4. The van der Waals surface area contributed by atoms with E-state index in [-0.39, 0.29) is 5.91 Å². The van der Waals surface area contributed by atoms with E-state index >= 15 is 0 Å². The van der Waals surface area contributed by atoms with Crippen molar-refractivity contribution in [3.8, 4) is 5.82 Å². The fourth-order valence-corrected chi connectivity index (χ4v) is 3.05. The van der Waals surface area contributed by atoms with E-state index in [4.69, 9.17) is 11.6 Å². The molecule has 0 aliphatic carbocycles. The van der Waals surface area contributed by atoms with Crippen LogP contribution in [0.2, 0.25) is 5.02 Å². The smallest absolute Gasteiger partial charge is 0.253 e. The van der Waals surface area contributed by atoms with Crippen LogP contribution in [0.25, 0.3) is 5.82 Å². The number of nitrogens with zero attached hydrogens (tertiary/aromatic N) is 6. The van der Waals surface area contributed by atoms with E-state index in [9.17, 15) is 4.79 Å². The molecule has 1 aromatic carbocycles. The number of amides is 1. The molecule has 7 nitrogen and oxygen atoms in total. The fraction of sp³-hybridized carbons (Fsp3) is 0.222. The minimum atomic E-state index is 0.0291. The first-order valence-corrected chi connectivity index (χ1v) is 8.72. The number of carbonyl (C=O) groups excluding carboxylic acids is 1. The molecule has 0 spiro atoms. The van der Waals surface area contributed by atoms with Gasteiger partial charge in [0.25, 0.3) is 5.91 Å². The van der Waals surface area contributed by atoms with Crippen molar-refractivity contribution in [2.24, 2.45) is 0 Å². The first-order valence-electron chi connectivity index (χ1n) is 8.34. The molecule has 1 amide bonds. The van der Waals surface area contributed by atoms with Crippen molar-refractivity contribution < 1.29 is 4.79 Å². The van der Waals surface area contributed by atoms with E-state index in [0.29, 0.717) is 29.5 Å². The highest BCUT2D eigenvalue weighted by Crippen LogP contribution is 2.16. The van der Waals surface area contributed by atoms with Gasteiger partial charge in [0.05, 0.1) is 0 Å². The third-order valence-corrected chi connectivity index (χ3v) is 4.61. The summed E-state index contributed by atoms with van der Waals surface area (Å²) in [5.74, 6) is 1.51. The molecule has 0 N–H and O–H groups in total. The van der Waals surface area contributed by atoms with Gasteiger partial charge in [0, 0.05) is 49.2 Å². The first kappa shape index (κ1) is 16.5. The summed E-state index contributed by atoms with van der Waals surface area (Å²) in [6, 6.07) is 12.7. The third-order valence-electron chi connectivity index (χ3n) is 4.36. The summed E-state index contributed by atoms with van der Waals surface area (Å²) in [5.41, 5.74) is 0.659. The lowest BCUT2D eigenvalue weighted by Crippen LogP contribution is -2.49. The van der Waals surface area contributed by atoms with Gasteiger partial charge < -0.3 is 9.80 Å². The molecule has 0 radical (unpaired) electrons. The molecule has 3 heterocycles. The normalized spacial score (nSPS) is 14.5. The molecule has 1 aliphatic heterocycles. The van der Waals surface area contributed by atoms with Crippen LogP contribution in [-0.2, 0) is 0 Å². The molecular formula is C18H17ClN6O. The lowest BCUT2D eigenvalue weighted by molar-refractivity contribution is 0.0746. The van der Waals surface area contributed by atoms with Gasteiger partial charge in [-0.15, -0.1) is 10.2 Å². The van der Waals surface area contributed by atoms with Crippen molar-refractivity contribution in [3.63, 3.8) is 0 Å². The van der Waals surface area contributed by atoms with Crippen LogP contribution >= 0.6 is 11.6 Å². The van der Waals surface area contributed by atoms with Gasteiger partial charge in [0.15, 0.2) is 11.6 Å². The van der Waals surface area contributed by atoms with Gasteiger partial charge in [-0.05, 0) is 42.5 Å². The molecule has 0 saturated carbocycles. The molecule has 8 heteroatoms. The highest BCUT2D eigenvalue weighted by atomic mass is 35.5. The molecule has 3 aromatic rings. The molecule has 1 fully saturated rings. The molecular weight excluding hydrogens is 352 g/mol. The highest BCUT2D eigenvalue weighted by Gasteiger charge is 2.23. The lowest BCUT2D eigenvalue weighted by Gasteiger charge is -2.35. The molecule has 0 bridgehead atoms. The summed E-state index contributed by atoms with van der Waals surface area (Å²) in [6.07, 6.45) is 3.53. The van der Waals surface area contributed by atoms with Gasteiger partial charge in [0.2, 0.25) is 0 Å². The van der Waals surface area contributed by atoms with Crippen molar-refractivity contribution in [2.75, 3.05) is 31.1 Å². The monoisotopic (exact) mass is 368 g/mol. The van der Waals surface area contributed by atoms with Gasteiger partial charge in [0.1, 0.15) is 0 Å². The average Bonchev–Trinajstić information content (AvgIpc) is 3.23. The van der Waals surface area contributed by atoms with Crippen LogP contribution in [0, 0.1) is 0 Å². The maximum atomic E-state index is 12.6. The Morgan fingerprint density at radius 1 is 0.923 bits per heavy atom. The Bertz CT molecular complexity index is 871. The van der Waals surface area contributed by atoms with Crippen LogP contribution in [0.15, 0.2) is 54.9 Å². The van der Waals surface area contributed by atoms with Gasteiger partial charge in [-0.1, -0.05) is 11.6 Å². The summed E-state index contributed by atoms with van der Waals surface area (Å²) in [6.45, 7) is 2.72. The Hall–Kier alpha value is -2.93. The van der Waals surface area contributed by atoms with E-state index in [1.165, 1.54) is 0 Å². The maximum absolute atomic E-state index is 12.6. The van der Waals surface area contributed by atoms with E-state index in [1.807, 2.05) is 29.3 Å². The van der Waals surface area contributed by atoms with Crippen molar-refractivity contribution >= 4 is 23.3 Å². The van der Waals surface area contributed by atoms with Crippen LogP contribution in [0.5, 0.6) is 0 Å². The Morgan fingerprint density at radius 3 is 2.23 bits per heavy atom. The Balaban J connectivity index is 1.39. The summed E-state index contributed by atoms with van der Waals surface area (Å²) < 4.78 is 1.67. The zero-order valence-corrected chi connectivity index (χ0v) is 14.8. The Morgan fingerprint density at radius 2 is 1.62 bits per heavy atom. The number of rotatable bonds is 3. The van der Waals surface area contributed by atoms with Crippen LogP contribution in [0.3, 0.4) is 0 Å². The summed E-state index contributed by atoms with van der Waals surface area (Å²) >= 11 is 5.88. The minimum absolute atomic E-state index is 0.0291. The Kier molecular flexibility index (Phi) is 4.53. The molecule has 0 unspecified atom stereocenters. The molecule has 4 rings (SSSR count). The minimum Gasteiger partial charge on any atom is -0.352 e. The average molecular weight is 369 g/mol. The van der Waals surface area contributed by atoms with E-state index in [0.717, 1.165) is 18.9 Å². The van der Waals surface area contributed by atoms with Crippen molar-refractivity contribution in [2.45, 2.75) is 0 Å². The number of hydrogen-bond donors (Lipinski definition) is 0. The van der Waals surface area contributed by atoms with Gasteiger partial charge >= 0.3 is 0 Å². The number of piperazine rings is 1.